The predicted octanol–water partition coefficient (Wildman–Crippen LogP) is 4.04. The van der Waals surface area contributed by atoms with Crippen LogP contribution in [0.5, 0.6) is 0 Å². The van der Waals surface area contributed by atoms with Crippen molar-refractivity contribution in [1.82, 2.24) is 10.3 Å². The van der Waals surface area contributed by atoms with Crippen LogP contribution in [0, 0.1) is 13.8 Å². The van der Waals surface area contributed by atoms with Gasteiger partial charge in [0.15, 0.2) is 0 Å². The van der Waals surface area contributed by atoms with E-state index < -0.39 is 0 Å². The lowest BCUT2D eigenvalue weighted by atomic mass is 10.0. The van der Waals surface area contributed by atoms with Crippen molar-refractivity contribution in [2.24, 2.45) is 0 Å². The standard InChI is InChI=1S/C16H22N2S/c1-4-9-17-15(16-11-19-13(3)18-16)10-14-7-5-12(2)6-8-14/h5-8,11,15,17H,4,9-10H2,1-3H3. The van der Waals surface area contributed by atoms with Crippen molar-refractivity contribution >= 4 is 11.3 Å². The molecule has 1 N–H and O–H groups in total. The molecule has 0 aliphatic heterocycles. The normalized spacial score (nSPS) is 12.6. The number of hydrogen-bond acceptors (Lipinski definition) is 3. The van der Waals surface area contributed by atoms with Crippen molar-refractivity contribution in [2.45, 2.75) is 39.7 Å². The van der Waals surface area contributed by atoms with Crippen molar-refractivity contribution in [2.75, 3.05) is 6.54 Å². The monoisotopic (exact) mass is 274 g/mol. The molecule has 0 amide bonds. The second-order valence-corrected chi connectivity index (χ2v) is 6.05. The Bertz CT molecular complexity index is 502. The first-order chi connectivity index (χ1) is 9.19. The number of nitrogens with one attached hydrogen (secondary N) is 1. The molecule has 0 spiro atoms. The van der Waals surface area contributed by atoms with Crippen LogP contribution in [0.4, 0.5) is 0 Å². The van der Waals surface area contributed by atoms with Gasteiger partial charge in [0.1, 0.15) is 0 Å². The van der Waals surface area contributed by atoms with Crippen LogP contribution in [0.25, 0.3) is 0 Å². The Morgan fingerprint density at radius 1 is 1.21 bits per heavy atom. The van der Waals surface area contributed by atoms with Gasteiger partial charge in [0.25, 0.3) is 0 Å². The average Bonchev–Trinajstić information content (AvgIpc) is 2.83. The van der Waals surface area contributed by atoms with Gasteiger partial charge in [-0.25, -0.2) is 4.98 Å². The lowest BCUT2D eigenvalue weighted by molar-refractivity contribution is 0.519. The van der Waals surface area contributed by atoms with Gasteiger partial charge in [0, 0.05) is 5.38 Å². The molecule has 1 aromatic carbocycles. The summed E-state index contributed by atoms with van der Waals surface area (Å²) >= 11 is 1.73. The van der Waals surface area contributed by atoms with E-state index in [-0.39, 0.29) is 0 Å². The maximum atomic E-state index is 4.63. The van der Waals surface area contributed by atoms with Crippen molar-refractivity contribution in [3.8, 4) is 0 Å². The minimum Gasteiger partial charge on any atom is -0.308 e. The summed E-state index contributed by atoms with van der Waals surface area (Å²) < 4.78 is 0. The molecule has 1 heterocycles. The molecule has 2 nitrogen and oxygen atoms in total. The molecule has 0 saturated carbocycles. The van der Waals surface area contributed by atoms with Crippen molar-refractivity contribution < 1.29 is 0 Å². The van der Waals surface area contributed by atoms with Gasteiger partial charge in [-0.3, -0.25) is 0 Å². The Hall–Kier alpha value is -1.19. The maximum Gasteiger partial charge on any atom is 0.0898 e. The number of nitrogens with zero attached hydrogens (tertiary/aromatic N) is 1. The highest BCUT2D eigenvalue weighted by molar-refractivity contribution is 7.09. The third-order valence-corrected chi connectivity index (χ3v) is 3.99. The van der Waals surface area contributed by atoms with Crippen LogP contribution >= 0.6 is 11.3 Å². The van der Waals surface area contributed by atoms with Gasteiger partial charge in [-0.15, -0.1) is 11.3 Å². The van der Waals surface area contributed by atoms with E-state index in [1.807, 2.05) is 0 Å². The van der Waals surface area contributed by atoms with Crippen molar-refractivity contribution in [3.05, 3.63) is 51.5 Å². The third-order valence-electron chi connectivity index (χ3n) is 3.19. The number of thiazole rings is 1. The molecule has 1 atom stereocenters. The van der Waals surface area contributed by atoms with E-state index in [4.69, 9.17) is 0 Å². The van der Waals surface area contributed by atoms with Crippen LogP contribution in [0.1, 0.15) is 41.2 Å². The number of aryl methyl sites for hydroxylation is 2. The summed E-state index contributed by atoms with van der Waals surface area (Å²) in [5.41, 5.74) is 3.85. The predicted molar refractivity (Wildman–Crippen MR) is 82.8 cm³/mol. The summed E-state index contributed by atoms with van der Waals surface area (Å²) in [7, 11) is 0. The smallest absolute Gasteiger partial charge is 0.0898 e. The van der Waals surface area contributed by atoms with Crippen LogP contribution < -0.4 is 5.32 Å². The minimum absolute atomic E-state index is 0.326. The number of hydrogen-bond donors (Lipinski definition) is 1. The van der Waals surface area contributed by atoms with Gasteiger partial charge < -0.3 is 5.32 Å². The molecule has 0 bridgehead atoms. The fraction of sp³-hybridized carbons (Fsp3) is 0.438. The summed E-state index contributed by atoms with van der Waals surface area (Å²) in [5.74, 6) is 0. The fourth-order valence-corrected chi connectivity index (χ4v) is 2.77. The summed E-state index contributed by atoms with van der Waals surface area (Å²) in [6, 6.07) is 9.12. The molecule has 3 heteroatoms. The fourth-order valence-electron chi connectivity index (χ4n) is 2.10. The third kappa shape index (κ3) is 4.15. The zero-order valence-corrected chi connectivity index (χ0v) is 12.8. The van der Waals surface area contributed by atoms with Gasteiger partial charge in [0.05, 0.1) is 16.7 Å². The lowest BCUT2D eigenvalue weighted by Gasteiger charge is -2.16. The number of aromatic nitrogens is 1. The van der Waals surface area contributed by atoms with E-state index in [2.05, 4.69) is 60.7 Å². The van der Waals surface area contributed by atoms with Crippen molar-refractivity contribution in [1.29, 1.82) is 0 Å². The second-order valence-electron chi connectivity index (χ2n) is 4.99. The molecule has 2 aromatic rings. The first-order valence-corrected chi connectivity index (χ1v) is 7.78. The summed E-state index contributed by atoms with van der Waals surface area (Å²) in [6.07, 6.45) is 2.15. The Morgan fingerprint density at radius 2 is 1.95 bits per heavy atom. The number of benzene rings is 1. The summed E-state index contributed by atoms with van der Waals surface area (Å²) in [5, 5.41) is 6.92. The first-order valence-electron chi connectivity index (χ1n) is 6.90. The van der Waals surface area contributed by atoms with Gasteiger partial charge >= 0.3 is 0 Å². The second kappa shape index (κ2) is 6.83. The Labute approximate surface area is 119 Å². The van der Waals surface area contributed by atoms with Gasteiger partial charge in [0.2, 0.25) is 0 Å². The van der Waals surface area contributed by atoms with Crippen molar-refractivity contribution in [3.63, 3.8) is 0 Å². The highest BCUT2D eigenvalue weighted by Gasteiger charge is 2.14. The molecule has 1 aromatic heterocycles. The molecular weight excluding hydrogens is 252 g/mol. The average molecular weight is 274 g/mol. The van der Waals surface area contributed by atoms with Crippen LogP contribution in [-0.2, 0) is 6.42 Å². The Balaban J connectivity index is 2.11. The quantitative estimate of drug-likeness (QED) is 0.860. The minimum atomic E-state index is 0.326. The van der Waals surface area contributed by atoms with Crippen LogP contribution in [0.15, 0.2) is 29.6 Å². The molecule has 102 valence electrons. The molecule has 0 fully saturated rings. The molecule has 0 saturated heterocycles. The first kappa shape index (κ1) is 14.2. The van der Waals surface area contributed by atoms with Gasteiger partial charge in [-0.2, -0.15) is 0 Å². The molecule has 1 unspecified atom stereocenters. The Morgan fingerprint density at radius 3 is 2.53 bits per heavy atom. The van der Waals surface area contributed by atoms with Crippen LogP contribution in [0.2, 0.25) is 0 Å². The zero-order chi connectivity index (χ0) is 13.7. The summed E-state index contributed by atoms with van der Waals surface area (Å²) in [4.78, 5) is 4.63. The highest BCUT2D eigenvalue weighted by Crippen LogP contribution is 2.20. The molecule has 0 radical (unpaired) electrons. The summed E-state index contributed by atoms with van der Waals surface area (Å²) in [6.45, 7) is 7.42. The van der Waals surface area contributed by atoms with E-state index in [9.17, 15) is 0 Å². The molecule has 0 aliphatic rings. The Kier molecular flexibility index (Phi) is 5.11. The highest BCUT2D eigenvalue weighted by atomic mass is 32.1. The van der Waals surface area contributed by atoms with Gasteiger partial charge in [-0.1, -0.05) is 36.8 Å². The molecular formula is C16H22N2S. The molecule has 2 rings (SSSR count). The topological polar surface area (TPSA) is 24.9 Å². The van der Waals surface area contributed by atoms with E-state index in [0.717, 1.165) is 24.4 Å². The maximum absolute atomic E-state index is 4.63. The van der Waals surface area contributed by atoms with E-state index in [1.165, 1.54) is 16.8 Å². The molecule has 19 heavy (non-hydrogen) atoms. The molecule has 0 aliphatic carbocycles. The number of rotatable bonds is 6. The van der Waals surface area contributed by atoms with Crippen LogP contribution in [-0.4, -0.2) is 11.5 Å². The van der Waals surface area contributed by atoms with E-state index in [0.29, 0.717) is 6.04 Å². The SMILES string of the molecule is CCCNC(Cc1ccc(C)cc1)c1csc(C)n1. The largest absolute Gasteiger partial charge is 0.308 e. The van der Waals surface area contributed by atoms with E-state index >= 15 is 0 Å². The lowest BCUT2D eigenvalue weighted by Crippen LogP contribution is -2.24. The van der Waals surface area contributed by atoms with Gasteiger partial charge in [-0.05, 0) is 38.8 Å². The van der Waals surface area contributed by atoms with E-state index in [1.54, 1.807) is 11.3 Å². The zero-order valence-electron chi connectivity index (χ0n) is 11.9. The van der Waals surface area contributed by atoms with Crippen LogP contribution in [0.3, 0.4) is 0 Å².